The second-order valence-corrected chi connectivity index (χ2v) is 4.91. The van der Waals surface area contributed by atoms with E-state index < -0.39 is 5.60 Å². The summed E-state index contributed by atoms with van der Waals surface area (Å²) in [7, 11) is 0. The van der Waals surface area contributed by atoms with E-state index in [0.29, 0.717) is 24.7 Å². The Morgan fingerprint density at radius 2 is 1.85 bits per heavy atom. The van der Waals surface area contributed by atoms with Crippen LogP contribution in [0.15, 0.2) is 0 Å². The minimum absolute atomic E-state index is 0.104. The first-order valence-corrected chi connectivity index (χ1v) is 5.09. The van der Waals surface area contributed by atoms with Crippen LogP contribution in [0.5, 0.6) is 0 Å². The molecule has 2 unspecified atom stereocenters. The van der Waals surface area contributed by atoms with E-state index in [0.717, 1.165) is 12.8 Å². The maximum absolute atomic E-state index is 11.5. The zero-order valence-corrected chi connectivity index (χ0v) is 7.53. The molecule has 3 heteroatoms. The molecule has 2 atom stereocenters. The molecule has 2 heterocycles. The highest BCUT2D eigenvalue weighted by atomic mass is 16.6. The lowest BCUT2D eigenvalue weighted by atomic mass is 9.66. The van der Waals surface area contributed by atoms with Gasteiger partial charge in [-0.05, 0) is 43.9 Å². The molecule has 13 heavy (non-hydrogen) atoms. The van der Waals surface area contributed by atoms with E-state index in [1.165, 1.54) is 6.42 Å². The number of esters is 1. The summed E-state index contributed by atoms with van der Waals surface area (Å²) in [6, 6.07) is 0. The van der Waals surface area contributed by atoms with Gasteiger partial charge in [0, 0.05) is 0 Å². The molecule has 4 bridgehead atoms. The fraction of sp³-hybridized carbons (Fsp3) is 0.900. The maximum Gasteiger partial charge on any atom is 0.338 e. The second kappa shape index (κ2) is 2.27. The van der Waals surface area contributed by atoms with Crippen LogP contribution in [0.4, 0.5) is 0 Å². The number of rotatable bonds is 0. The van der Waals surface area contributed by atoms with E-state index in [4.69, 9.17) is 4.74 Å². The second-order valence-electron chi connectivity index (χ2n) is 4.91. The van der Waals surface area contributed by atoms with Crippen molar-refractivity contribution >= 4 is 5.97 Å². The van der Waals surface area contributed by atoms with Gasteiger partial charge >= 0.3 is 5.97 Å². The van der Waals surface area contributed by atoms with Gasteiger partial charge in [-0.1, -0.05) is 0 Å². The van der Waals surface area contributed by atoms with Crippen molar-refractivity contribution in [1.29, 1.82) is 0 Å². The van der Waals surface area contributed by atoms with E-state index in [1.807, 2.05) is 0 Å². The van der Waals surface area contributed by atoms with Gasteiger partial charge in [0.25, 0.3) is 0 Å². The Balaban J connectivity index is 2.02. The Morgan fingerprint density at radius 3 is 2.46 bits per heavy atom. The molecule has 4 rings (SSSR count). The summed E-state index contributed by atoms with van der Waals surface area (Å²) >= 11 is 0. The smallest absolute Gasteiger partial charge is 0.338 e. The van der Waals surface area contributed by atoms with Crippen LogP contribution in [-0.2, 0) is 9.53 Å². The fourth-order valence-electron chi connectivity index (χ4n) is 3.40. The fourth-order valence-corrected chi connectivity index (χ4v) is 3.40. The summed E-state index contributed by atoms with van der Waals surface area (Å²) in [5.74, 6) is 0.685. The SMILES string of the molecule is O=C1OC2CC3CC(C2)CC1(O)C3. The Morgan fingerprint density at radius 1 is 1.23 bits per heavy atom. The number of carbonyl (C=O) groups excluding carboxylic acids is 1. The third-order valence-corrected chi connectivity index (χ3v) is 3.77. The molecule has 2 aliphatic carbocycles. The zero-order chi connectivity index (χ0) is 9.05. The third kappa shape index (κ3) is 1.03. The van der Waals surface area contributed by atoms with Crippen molar-refractivity contribution in [1.82, 2.24) is 0 Å². The molecule has 4 fully saturated rings. The molecule has 0 aromatic rings. The molecule has 72 valence electrons. The molecule has 2 saturated carbocycles. The van der Waals surface area contributed by atoms with Crippen molar-refractivity contribution in [2.45, 2.75) is 43.8 Å². The summed E-state index contributed by atoms with van der Waals surface area (Å²) in [6.07, 6.45) is 4.52. The highest BCUT2D eigenvalue weighted by Crippen LogP contribution is 2.48. The minimum Gasteiger partial charge on any atom is -0.460 e. The molecule has 0 radical (unpaired) electrons. The minimum atomic E-state index is -1.13. The van der Waals surface area contributed by atoms with Crippen LogP contribution in [0.2, 0.25) is 0 Å². The summed E-state index contributed by atoms with van der Waals surface area (Å²) in [6.45, 7) is 0. The molecule has 0 spiro atoms. The molecular weight excluding hydrogens is 168 g/mol. The topological polar surface area (TPSA) is 46.5 Å². The standard InChI is InChI=1S/C10H14O3/c11-9-10(12)4-6-1-7(5-10)3-8(2-6)13-9/h6-8,12H,1-5H2. The van der Waals surface area contributed by atoms with Crippen molar-refractivity contribution in [2.75, 3.05) is 0 Å². The first kappa shape index (κ1) is 7.80. The van der Waals surface area contributed by atoms with Crippen LogP contribution in [0, 0.1) is 11.8 Å². The molecule has 0 amide bonds. The van der Waals surface area contributed by atoms with Crippen molar-refractivity contribution in [2.24, 2.45) is 11.8 Å². The van der Waals surface area contributed by atoms with Gasteiger partial charge in [-0.3, -0.25) is 0 Å². The molecule has 2 aliphatic heterocycles. The normalized spacial score (nSPS) is 53.3. The highest BCUT2D eigenvalue weighted by Gasteiger charge is 2.53. The lowest BCUT2D eigenvalue weighted by molar-refractivity contribution is -0.167. The lowest BCUT2D eigenvalue weighted by Crippen LogP contribution is -2.44. The van der Waals surface area contributed by atoms with E-state index >= 15 is 0 Å². The Kier molecular flexibility index (Phi) is 1.36. The average Bonchev–Trinajstić information content (AvgIpc) is 2.12. The Hall–Kier alpha value is -0.570. The summed E-state index contributed by atoms with van der Waals surface area (Å²) < 4.78 is 5.25. The predicted molar refractivity (Wildman–Crippen MR) is 44.9 cm³/mol. The van der Waals surface area contributed by atoms with Crippen LogP contribution in [0.3, 0.4) is 0 Å². The van der Waals surface area contributed by atoms with Crippen LogP contribution < -0.4 is 0 Å². The molecule has 0 aromatic heterocycles. The van der Waals surface area contributed by atoms with Gasteiger partial charge in [-0.25, -0.2) is 4.79 Å². The van der Waals surface area contributed by atoms with Gasteiger partial charge in [-0.15, -0.1) is 0 Å². The number of ether oxygens (including phenoxy) is 1. The van der Waals surface area contributed by atoms with Gasteiger partial charge in [0.2, 0.25) is 0 Å². The lowest BCUT2D eigenvalue weighted by Gasteiger charge is -2.39. The maximum atomic E-state index is 11.5. The van der Waals surface area contributed by atoms with E-state index in [1.54, 1.807) is 0 Å². The third-order valence-electron chi connectivity index (χ3n) is 3.77. The first-order chi connectivity index (χ1) is 6.16. The van der Waals surface area contributed by atoms with Crippen LogP contribution in [0.25, 0.3) is 0 Å². The largest absolute Gasteiger partial charge is 0.460 e. The molecule has 2 saturated heterocycles. The van der Waals surface area contributed by atoms with Crippen LogP contribution in [-0.4, -0.2) is 22.8 Å². The Bertz CT molecular complexity index is 247. The van der Waals surface area contributed by atoms with Crippen molar-refractivity contribution < 1.29 is 14.6 Å². The first-order valence-electron chi connectivity index (χ1n) is 5.09. The van der Waals surface area contributed by atoms with E-state index in [2.05, 4.69) is 0 Å². The van der Waals surface area contributed by atoms with Crippen molar-refractivity contribution in [3.8, 4) is 0 Å². The van der Waals surface area contributed by atoms with Crippen LogP contribution in [0.1, 0.15) is 32.1 Å². The van der Waals surface area contributed by atoms with Gasteiger partial charge < -0.3 is 9.84 Å². The molecular formula is C10H14O3. The zero-order valence-electron chi connectivity index (χ0n) is 7.53. The van der Waals surface area contributed by atoms with Gasteiger partial charge in [0.05, 0.1) is 0 Å². The number of aliphatic hydroxyl groups is 1. The van der Waals surface area contributed by atoms with Gasteiger partial charge in [-0.2, -0.15) is 0 Å². The van der Waals surface area contributed by atoms with Gasteiger partial charge in [0.1, 0.15) is 6.10 Å². The summed E-state index contributed by atoms with van der Waals surface area (Å²) in [5, 5.41) is 10.1. The summed E-state index contributed by atoms with van der Waals surface area (Å²) in [4.78, 5) is 11.5. The van der Waals surface area contributed by atoms with Crippen LogP contribution >= 0.6 is 0 Å². The number of carbonyl (C=O) groups is 1. The number of fused-ring (bicyclic) bond motifs is 1. The monoisotopic (exact) mass is 182 g/mol. The number of hydrogen-bond acceptors (Lipinski definition) is 3. The molecule has 0 aromatic carbocycles. The van der Waals surface area contributed by atoms with E-state index in [-0.39, 0.29) is 12.1 Å². The summed E-state index contributed by atoms with van der Waals surface area (Å²) in [5.41, 5.74) is -1.13. The molecule has 4 aliphatic rings. The number of hydrogen-bond donors (Lipinski definition) is 1. The van der Waals surface area contributed by atoms with E-state index in [9.17, 15) is 9.90 Å². The highest BCUT2D eigenvalue weighted by molar-refractivity contribution is 5.80. The van der Waals surface area contributed by atoms with Gasteiger partial charge in [0.15, 0.2) is 5.60 Å². The quantitative estimate of drug-likeness (QED) is 0.565. The van der Waals surface area contributed by atoms with Crippen molar-refractivity contribution in [3.63, 3.8) is 0 Å². The Labute approximate surface area is 77.1 Å². The molecule has 3 nitrogen and oxygen atoms in total. The van der Waals surface area contributed by atoms with Crippen molar-refractivity contribution in [3.05, 3.63) is 0 Å². The predicted octanol–water partition coefficient (Wildman–Crippen LogP) is 0.853. The average molecular weight is 182 g/mol. The molecule has 1 N–H and O–H groups in total.